The van der Waals surface area contributed by atoms with Crippen molar-refractivity contribution in [1.82, 2.24) is 0 Å². The minimum Gasteiger partial charge on any atom is -0.393 e. The second-order valence-electron chi connectivity index (χ2n) is 15.2. The average Bonchev–Trinajstić information content (AvgIpc) is 3.40. The zero-order chi connectivity index (χ0) is 33.7. The zero-order valence-corrected chi connectivity index (χ0v) is 31.8. The topological polar surface area (TPSA) is 43.4 Å². The Morgan fingerprint density at radius 2 is 0.681 bits per heavy atom. The van der Waals surface area contributed by atoms with Gasteiger partial charge in [0.2, 0.25) is 0 Å². The molecular weight excluding hydrogens is 576 g/mol. The first-order chi connectivity index (χ1) is 23.2. The van der Waals surface area contributed by atoms with Crippen LogP contribution in [0.1, 0.15) is 251 Å². The van der Waals surface area contributed by atoms with Gasteiger partial charge in [0.05, 0.1) is 12.3 Å². The summed E-state index contributed by atoms with van der Waals surface area (Å²) >= 11 is 0. The Morgan fingerprint density at radius 1 is 0.426 bits per heavy atom. The van der Waals surface area contributed by atoms with E-state index in [1.54, 1.807) is 0 Å². The Labute approximate surface area is 294 Å². The van der Waals surface area contributed by atoms with E-state index in [-0.39, 0.29) is 24.3 Å². The number of hydrogen-bond acceptors (Lipinski definition) is 3. The summed E-state index contributed by atoms with van der Waals surface area (Å²) in [6.45, 7) is 2.30. The predicted octanol–water partition coefficient (Wildman–Crippen LogP) is 15.1. The minimum absolute atomic E-state index is 0.217. The Bertz CT molecular complexity index is 698. The number of cyclic esters (lactones) is 2. The van der Waals surface area contributed by atoms with Crippen molar-refractivity contribution >= 4 is 11.9 Å². The van der Waals surface area contributed by atoms with E-state index < -0.39 is 0 Å². The van der Waals surface area contributed by atoms with Gasteiger partial charge in [-0.1, -0.05) is 244 Å². The first-order valence-electron chi connectivity index (χ1n) is 21.6. The van der Waals surface area contributed by atoms with Crippen LogP contribution in [-0.4, -0.2) is 11.9 Å². The largest absolute Gasteiger partial charge is 0.393 e. The van der Waals surface area contributed by atoms with Crippen molar-refractivity contribution < 1.29 is 14.3 Å². The van der Waals surface area contributed by atoms with Crippen molar-refractivity contribution in [1.29, 1.82) is 0 Å². The molecule has 0 aromatic heterocycles. The molecule has 0 spiro atoms. The van der Waals surface area contributed by atoms with Crippen LogP contribution in [0.15, 0.2) is 12.2 Å². The first-order valence-corrected chi connectivity index (χ1v) is 21.6. The van der Waals surface area contributed by atoms with Gasteiger partial charge in [-0.25, -0.2) is 0 Å². The first kappa shape index (κ1) is 43.9. The molecule has 276 valence electrons. The van der Waals surface area contributed by atoms with E-state index in [4.69, 9.17) is 0 Å². The fraction of sp³-hybridized carbons (Fsp3) is 0.909. The second-order valence-corrected chi connectivity index (χ2v) is 15.2. The van der Waals surface area contributed by atoms with Gasteiger partial charge in [0.1, 0.15) is 0 Å². The van der Waals surface area contributed by atoms with E-state index in [9.17, 15) is 9.59 Å². The third-order valence-electron chi connectivity index (χ3n) is 10.5. The summed E-state index contributed by atoms with van der Waals surface area (Å²) in [4.78, 5) is 22.5. The highest BCUT2D eigenvalue weighted by molar-refractivity contribution is 5.95. The van der Waals surface area contributed by atoms with Crippen molar-refractivity contribution in [2.75, 3.05) is 0 Å². The standard InChI is InChI=1S/C44H82O3/c1-2-3-4-5-6-7-8-9-10-11-12-13-14-15-16-17-18-19-20-21-22-23-24-25-26-27-28-29-30-31-32-33-34-35-36-37-38-39-40-42-41-43(45)47-44(42)46/h39-40,42H,2-38,41H2,1H3. The van der Waals surface area contributed by atoms with Crippen LogP contribution in [0.3, 0.4) is 0 Å². The Morgan fingerprint density at radius 3 is 0.915 bits per heavy atom. The van der Waals surface area contributed by atoms with Crippen molar-refractivity contribution in [3.8, 4) is 0 Å². The molecule has 1 rings (SSSR count). The smallest absolute Gasteiger partial charge is 0.321 e. The van der Waals surface area contributed by atoms with Crippen LogP contribution in [0, 0.1) is 5.92 Å². The number of rotatable bonds is 38. The summed E-state index contributed by atoms with van der Waals surface area (Å²) in [5, 5.41) is 0. The summed E-state index contributed by atoms with van der Waals surface area (Å²) in [6, 6.07) is 0. The zero-order valence-electron chi connectivity index (χ0n) is 31.8. The fourth-order valence-corrected chi connectivity index (χ4v) is 7.25. The molecule has 0 saturated carbocycles. The molecular formula is C44H82O3. The maximum absolute atomic E-state index is 11.4. The Balaban J connectivity index is 1.63. The van der Waals surface area contributed by atoms with E-state index in [0.29, 0.717) is 0 Å². The van der Waals surface area contributed by atoms with Crippen LogP contribution in [0.5, 0.6) is 0 Å². The molecule has 0 bridgehead atoms. The van der Waals surface area contributed by atoms with Crippen LogP contribution in [-0.2, 0) is 14.3 Å². The number of ether oxygens (including phenoxy) is 1. The van der Waals surface area contributed by atoms with E-state index in [1.165, 1.54) is 231 Å². The lowest BCUT2D eigenvalue weighted by Crippen LogP contribution is -2.03. The van der Waals surface area contributed by atoms with Crippen LogP contribution in [0.4, 0.5) is 0 Å². The second kappa shape index (κ2) is 36.2. The van der Waals surface area contributed by atoms with Gasteiger partial charge in [0.25, 0.3) is 0 Å². The maximum Gasteiger partial charge on any atom is 0.321 e. The molecule has 1 aliphatic rings. The van der Waals surface area contributed by atoms with Gasteiger partial charge in [-0.3, -0.25) is 9.59 Å². The quantitative estimate of drug-likeness (QED) is 0.0287. The fourth-order valence-electron chi connectivity index (χ4n) is 7.25. The van der Waals surface area contributed by atoms with Gasteiger partial charge in [-0.05, 0) is 12.8 Å². The number of carbonyl (C=O) groups excluding carboxylic acids is 2. The minimum atomic E-state index is -0.388. The van der Waals surface area contributed by atoms with E-state index in [1.807, 2.05) is 6.08 Å². The number of carbonyl (C=O) groups is 2. The van der Waals surface area contributed by atoms with Crippen LogP contribution in [0.2, 0.25) is 0 Å². The lowest BCUT2D eigenvalue weighted by Gasteiger charge is -2.05. The predicted molar refractivity (Wildman–Crippen MR) is 205 cm³/mol. The average molecular weight is 659 g/mol. The number of unbranched alkanes of at least 4 members (excludes halogenated alkanes) is 36. The molecule has 0 radical (unpaired) electrons. The molecule has 3 nitrogen and oxygen atoms in total. The molecule has 47 heavy (non-hydrogen) atoms. The van der Waals surface area contributed by atoms with Gasteiger partial charge >= 0.3 is 11.9 Å². The molecule has 1 aliphatic heterocycles. The molecule has 1 saturated heterocycles. The van der Waals surface area contributed by atoms with Crippen LogP contribution in [0.25, 0.3) is 0 Å². The molecule has 0 amide bonds. The highest BCUT2D eigenvalue weighted by Crippen LogP contribution is 2.19. The normalized spacial score (nSPS) is 15.0. The summed E-state index contributed by atoms with van der Waals surface area (Å²) in [5.41, 5.74) is 0. The van der Waals surface area contributed by atoms with Crippen LogP contribution >= 0.6 is 0 Å². The lowest BCUT2D eigenvalue weighted by atomic mass is 10.0. The van der Waals surface area contributed by atoms with Gasteiger partial charge in [0.15, 0.2) is 0 Å². The van der Waals surface area contributed by atoms with Crippen molar-refractivity contribution in [2.24, 2.45) is 5.92 Å². The van der Waals surface area contributed by atoms with Gasteiger partial charge < -0.3 is 4.74 Å². The molecule has 0 aromatic rings. The number of esters is 2. The van der Waals surface area contributed by atoms with Crippen LogP contribution < -0.4 is 0 Å². The van der Waals surface area contributed by atoms with Gasteiger partial charge in [0, 0.05) is 0 Å². The third-order valence-corrected chi connectivity index (χ3v) is 10.5. The van der Waals surface area contributed by atoms with E-state index >= 15 is 0 Å². The van der Waals surface area contributed by atoms with Crippen molar-refractivity contribution in [3.05, 3.63) is 12.2 Å². The monoisotopic (exact) mass is 659 g/mol. The molecule has 0 aromatic carbocycles. The maximum atomic E-state index is 11.4. The summed E-state index contributed by atoms with van der Waals surface area (Å²) < 4.78 is 4.57. The summed E-state index contributed by atoms with van der Waals surface area (Å²) in [5.74, 6) is -1.11. The molecule has 0 N–H and O–H groups in total. The molecule has 3 heteroatoms. The third kappa shape index (κ3) is 31.9. The van der Waals surface area contributed by atoms with Gasteiger partial charge in [-0.15, -0.1) is 0 Å². The molecule has 0 aliphatic carbocycles. The molecule has 1 heterocycles. The summed E-state index contributed by atoms with van der Waals surface area (Å²) in [7, 11) is 0. The molecule has 1 unspecified atom stereocenters. The van der Waals surface area contributed by atoms with E-state index in [0.717, 1.165) is 6.42 Å². The highest BCUT2D eigenvalue weighted by Gasteiger charge is 2.30. The van der Waals surface area contributed by atoms with Crippen molar-refractivity contribution in [2.45, 2.75) is 251 Å². The SMILES string of the molecule is CCCCCCCCCCCCCCCCCCCCCCCCCCCCCCCCCCCCCCC=CC1CC(=O)OC1=O. The van der Waals surface area contributed by atoms with Crippen molar-refractivity contribution in [3.63, 3.8) is 0 Å². The number of hydrogen-bond donors (Lipinski definition) is 0. The summed E-state index contributed by atoms with van der Waals surface area (Å²) in [6.07, 6.45) is 56.9. The van der Waals surface area contributed by atoms with Gasteiger partial charge in [-0.2, -0.15) is 0 Å². The molecule has 1 atom stereocenters. The molecule has 1 fully saturated rings. The Kier molecular flexibility index (Phi) is 33.8. The van der Waals surface area contributed by atoms with E-state index in [2.05, 4.69) is 17.7 Å². The Hall–Kier alpha value is -1.12. The highest BCUT2D eigenvalue weighted by atomic mass is 16.6. The lowest BCUT2D eigenvalue weighted by molar-refractivity contribution is -0.152. The number of allylic oxidation sites excluding steroid dienone is 1.